The van der Waals surface area contributed by atoms with E-state index in [2.05, 4.69) is 0 Å². The zero-order valence-corrected chi connectivity index (χ0v) is 13.4. The molecule has 0 bridgehead atoms. The van der Waals surface area contributed by atoms with Gasteiger partial charge in [0.25, 0.3) is 10.0 Å². The van der Waals surface area contributed by atoms with Crippen LogP contribution in [0.25, 0.3) is 0 Å². The van der Waals surface area contributed by atoms with Crippen LogP contribution in [0.3, 0.4) is 0 Å². The van der Waals surface area contributed by atoms with Crippen LogP contribution in [0.15, 0.2) is 29.2 Å². The second-order valence-corrected chi connectivity index (χ2v) is 6.63. The van der Waals surface area contributed by atoms with Gasteiger partial charge in [-0.05, 0) is 37.6 Å². The molecule has 0 fully saturated rings. The van der Waals surface area contributed by atoms with Gasteiger partial charge in [-0.15, -0.1) is 0 Å². The van der Waals surface area contributed by atoms with Gasteiger partial charge >= 0.3 is 6.03 Å². The summed E-state index contributed by atoms with van der Waals surface area (Å²) in [6.45, 7) is 4.14. The molecule has 0 aliphatic rings. The zero-order valence-electron chi connectivity index (χ0n) is 11.8. The Hall–Kier alpha value is -1.27. The van der Waals surface area contributed by atoms with Crippen LogP contribution in [0.2, 0.25) is 5.02 Å². The third kappa shape index (κ3) is 3.64. The minimum absolute atomic E-state index is 0.0574. The van der Waals surface area contributed by atoms with Crippen LogP contribution in [-0.2, 0) is 10.0 Å². The lowest BCUT2D eigenvalue weighted by molar-refractivity contribution is 0.190. The molecule has 0 spiro atoms. The van der Waals surface area contributed by atoms with E-state index in [1.54, 1.807) is 14.0 Å². The van der Waals surface area contributed by atoms with Crippen molar-refractivity contribution in [2.45, 2.75) is 25.2 Å². The van der Waals surface area contributed by atoms with Gasteiger partial charge in [-0.25, -0.2) is 17.5 Å². The highest BCUT2D eigenvalue weighted by molar-refractivity contribution is 7.89. The Balaban J connectivity index is 3.10. The lowest BCUT2D eigenvalue weighted by Crippen LogP contribution is -2.44. The Labute approximate surface area is 125 Å². The largest absolute Gasteiger partial charge is 0.333 e. The van der Waals surface area contributed by atoms with Gasteiger partial charge in [-0.2, -0.15) is 0 Å². The number of hydrogen-bond acceptors (Lipinski definition) is 3. The molecule has 5 nitrogen and oxygen atoms in total. The van der Waals surface area contributed by atoms with Crippen LogP contribution in [-0.4, -0.2) is 43.8 Å². The summed E-state index contributed by atoms with van der Waals surface area (Å²) in [7, 11) is -2.26. The molecule has 0 aliphatic heterocycles. The van der Waals surface area contributed by atoms with Crippen LogP contribution in [0.5, 0.6) is 0 Å². The molecular formula is C13H19ClN2O3S. The molecule has 0 atom stereocenters. The Morgan fingerprint density at radius 1 is 1.20 bits per heavy atom. The standard InChI is InChI=1S/C13H19ClN2O3S/c1-4-10-15(3)13(17)16(5-2)20(18,19)12-8-6-11(14)7-9-12/h6-9H,4-5,10H2,1-3H3. The SMILES string of the molecule is CCCN(C)C(=O)N(CC)S(=O)(=O)c1ccc(Cl)cc1. The van der Waals surface area contributed by atoms with Crippen LogP contribution in [0, 0.1) is 0 Å². The van der Waals surface area contributed by atoms with Crippen molar-refractivity contribution < 1.29 is 13.2 Å². The summed E-state index contributed by atoms with van der Waals surface area (Å²) in [5.41, 5.74) is 0. The molecule has 20 heavy (non-hydrogen) atoms. The number of amides is 2. The number of carbonyl (C=O) groups is 1. The van der Waals surface area contributed by atoms with Gasteiger partial charge < -0.3 is 4.90 Å². The monoisotopic (exact) mass is 318 g/mol. The molecule has 0 N–H and O–H groups in total. The average Bonchev–Trinajstić information content (AvgIpc) is 2.39. The number of urea groups is 1. The number of nitrogens with zero attached hydrogens (tertiary/aromatic N) is 2. The number of carbonyl (C=O) groups excluding carboxylic acids is 1. The summed E-state index contributed by atoms with van der Waals surface area (Å²) >= 11 is 5.75. The lowest BCUT2D eigenvalue weighted by Gasteiger charge is -2.26. The summed E-state index contributed by atoms with van der Waals surface area (Å²) in [5.74, 6) is 0. The van der Waals surface area contributed by atoms with Crippen molar-refractivity contribution in [1.29, 1.82) is 0 Å². The van der Waals surface area contributed by atoms with Crippen LogP contribution in [0.1, 0.15) is 20.3 Å². The van der Waals surface area contributed by atoms with E-state index < -0.39 is 16.1 Å². The van der Waals surface area contributed by atoms with E-state index in [1.807, 2.05) is 6.92 Å². The van der Waals surface area contributed by atoms with Crippen molar-refractivity contribution in [3.05, 3.63) is 29.3 Å². The molecule has 0 aliphatic carbocycles. The van der Waals surface area contributed by atoms with Crippen LogP contribution < -0.4 is 0 Å². The van der Waals surface area contributed by atoms with E-state index in [9.17, 15) is 13.2 Å². The zero-order chi connectivity index (χ0) is 15.3. The third-order valence-electron chi connectivity index (χ3n) is 2.79. The van der Waals surface area contributed by atoms with Crippen molar-refractivity contribution >= 4 is 27.7 Å². The third-order valence-corrected chi connectivity index (χ3v) is 4.90. The molecule has 112 valence electrons. The number of benzene rings is 1. The maximum absolute atomic E-state index is 12.5. The molecule has 1 aromatic rings. The predicted octanol–water partition coefficient (Wildman–Crippen LogP) is 2.81. The maximum Gasteiger partial charge on any atom is 0.333 e. The first-order valence-corrected chi connectivity index (χ1v) is 8.19. The smallest absolute Gasteiger partial charge is 0.327 e. The Morgan fingerprint density at radius 3 is 2.20 bits per heavy atom. The molecule has 0 saturated heterocycles. The van der Waals surface area contributed by atoms with E-state index in [1.165, 1.54) is 29.2 Å². The van der Waals surface area contributed by atoms with Gasteiger partial charge in [0.1, 0.15) is 0 Å². The van der Waals surface area contributed by atoms with E-state index in [4.69, 9.17) is 11.6 Å². The molecule has 7 heteroatoms. The second kappa shape index (κ2) is 6.95. The van der Waals surface area contributed by atoms with Gasteiger partial charge in [0, 0.05) is 25.2 Å². The minimum Gasteiger partial charge on any atom is -0.327 e. The van der Waals surface area contributed by atoms with Gasteiger partial charge in [-0.3, -0.25) is 0 Å². The van der Waals surface area contributed by atoms with E-state index in [0.717, 1.165) is 10.7 Å². The van der Waals surface area contributed by atoms with Crippen molar-refractivity contribution in [3.8, 4) is 0 Å². The normalized spacial score (nSPS) is 11.2. The fraction of sp³-hybridized carbons (Fsp3) is 0.462. The summed E-state index contributed by atoms with van der Waals surface area (Å²) in [6.07, 6.45) is 0.765. The van der Waals surface area contributed by atoms with Crippen molar-refractivity contribution in [2.24, 2.45) is 0 Å². The predicted molar refractivity (Wildman–Crippen MR) is 79.3 cm³/mol. The van der Waals surface area contributed by atoms with E-state index in [-0.39, 0.29) is 11.4 Å². The highest BCUT2D eigenvalue weighted by atomic mass is 35.5. The lowest BCUT2D eigenvalue weighted by atomic mass is 10.4. The minimum atomic E-state index is -3.85. The first kappa shape index (κ1) is 16.8. The summed E-state index contributed by atoms with van der Waals surface area (Å²) in [5, 5.41) is 0.446. The van der Waals surface area contributed by atoms with Crippen molar-refractivity contribution in [2.75, 3.05) is 20.1 Å². The Kier molecular flexibility index (Phi) is 5.83. The highest BCUT2D eigenvalue weighted by Gasteiger charge is 2.29. The van der Waals surface area contributed by atoms with Crippen LogP contribution >= 0.6 is 11.6 Å². The maximum atomic E-state index is 12.5. The van der Waals surface area contributed by atoms with Gasteiger partial charge in [0.2, 0.25) is 0 Å². The van der Waals surface area contributed by atoms with Gasteiger partial charge in [-0.1, -0.05) is 18.5 Å². The number of halogens is 1. The average molecular weight is 319 g/mol. The van der Waals surface area contributed by atoms with Crippen LogP contribution in [0.4, 0.5) is 4.79 Å². The first-order valence-electron chi connectivity index (χ1n) is 6.38. The summed E-state index contributed by atoms with van der Waals surface area (Å²) in [6, 6.07) is 5.25. The second-order valence-electron chi connectivity index (χ2n) is 4.33. The molecule has 1 rings (SSSR count). The van der Waals surface area contributed by atoms with Gasteiger partial charge in [0.15, 0.2) is 0 Å². The Morgan fingerprint density at radius 2 is 1.75 bits per heavy atom. The summed E-state index contributed by atoms with van der Waals surface area (Å²) < 4.78 is 25.8. The number of hydrogen-bond donors (Lipinski definition) is 0. The first-order chi connectivity index (χ1) is 9.34. The topological polar surface area (TPSA) is 57.7 Å². The summed E-state index contributed by atoms with van der Waals surface area (Å²) in [4.78, 5) is 13.7. The number of rotatable bonds is 5. The fourth-order valence-electron chi connectivity index (χ4n) is 1.76. The quantitative estimate of drug-likeness (QED) is 0.838. The van der Waals surface area contributed by atoms with E-state index >= 15 is 0 Å². The molecule has 0 radical (unpaired) electrons. The van der Waals surface area contributed by atoms with E-state index in [0.29, 0.717) is 11.6 Å². The molecule has 0 heterocycles. The molecule has 0 aromatic heterocycles. The van der Waals surface area contributed by atoms with Crippen molar-refractivity contribution in [3.63, 3.8) is 0 Å². The highest BCUT2D eigenvalue weighted by Crippen LogP contribution is 2.19. The molecule has 0 unspecified atom stereocenters. The molecular weight excluding hydrogens is 300 g/mol. The molecule has 0 saturated carbocycles. The molecule has 2 amide bonds. The number of sulfonamides is 1. The molecule has 1 aromatic carbocycles. The Bertz CT molecular complexity index is 557. The van der Waals surface area contributed by atoms with Crippen molar-refractivity contribution in [1.82, 2.24) is 9.21 Å². The fourth-order valence-corrected chi connectivity index (χ4v) is 3.31. The van der Waals surface area contributed by atoms with Gasteiger partial charge in [0.05, 0.1) is 4.90 Å².